The molecule has 0 N–H and O–H groups in total. The summed E-state index contributed by atoms with van der Waals surface area (Å²) in [5, 5.41) is -1.09. The van der Waals surface area contributed by atoms with Crippen molar-refractivity contribution in [3.63, 3.8) is 0 Å². The van der Waals surface area contributed by atoms with Crippen molar-refractivity contribution in [1.29, 1.82) is 0 Å². The maximum Gasteiger partial charge on any atom is 0.429 e. The molecule has 1 nitrogen and oxygen atoms in total. The number of ether oxygens (including phenoxy) is 1. The summed E-state index contributed by atoms with van der Waals surface area (Å²) in [5.74, 6) is -10.7. The molecule has 0 saturated heterocycles. The molecule has 0 saturated carbocycles. The van der Waals surface area contributed by atoms with Crippen molar-refractivity contribution in [2.75, 3.05) is 0 Å². The van der Waals surface area contributed by atoms with E-state index in [2.05, 4.69) is 0 Å². The molecular weight excluding hydrogens is 619 g/mol. The van der Waals surface area contributed by atoms with Gasteiger partial charge in [-0.25, -0.2) is 30.7 Å². The van der Waals surface area contributed by atoms with Crippen LogP contribution in [0.25, 0.3) is 44.2 Å². The fourth-order valence-corrected chi connectivity index (χ4v) is 5.12. The number of benzene rings is 6. The monoisotopic (exact) mass is 638 g/mol. The summed E-state index contributed by atoms with van der Waals surface area (Å²) < 4.78 is 135. The van der Waals surface area contributed by atoms with Crippen LogP contribution in [-0.4, -0.2) is 0 Å². The van der Waals surface area contributed by atoms with Gasteiger partial charge in [-0.2, -0.15) is 8.78 Å². The van der Waals surface area contributed by atoms with E-state index >= 15 is 4.39 Å². The summed E-state index contributed by atoms with van der Waals surface area (Å²) in [4.78, 5) is 0. The number of hydrogen-bond acceptors (Lipinski definition) is 1. The van der Waals surface area contributed by atoms with E-state index < -0.39 is 63.5 Å². The molecule has 6 aromatic carbocycles. The number of fused-ring (bicyclic) bond motifs is 1. The Balaban J connectivity index is 1.23. The summed E-state index contributed by atoms with van der Waals surface area (Å²) in [6, 6.07) is 19.4. The Labute approximate surface area is 256 Å². The van der Waals surface area contributed by atoms with Crippen LogP contribution in [0.2, 0.25) is 0 Å². The Morgan fingerprint density at radius 2 is 1.09 bits per heavy atom. The van der Waals surface area contributed by atoms with E-state index in [1.165, 1.54) is 24.3 Å². The molecule has 0 heterocycles. The predicted molar refractivity (Wildman–Crippen MR) is 156 cm³/mol. The average Bonchev–Trinajstić information content (AvgIpc) is 3.01. The first-order valence-electron chi connectivity index (χ1n) is 13.6. The van der Waals surface area contributed by atoms with E-state index in [1.807, 2.05) is 0 Å². The van der Waals surface area contributed by atoms with Crippen LogP contribution >= 0.6 is 0 Å². The lowest BCUT2D eigenvalue weighted by molar-refractivity contribution is -0.187. The SMILES string of the molecule is Cc1ccc(-c2ccc(C(F)(F)Oc3ccc(-c4ccc(-c5cc(F)c6c(F)c(F)c(F)cc6c5)c(F)c4)cc3)c(F)c2F)cc1. The van der Waals surface area contributed by atoms with Crippen molar-refractivity contribution < 1.29 is 44.3 Å². The van der Waals surface area contributed by atoms with Crippen molar-refractivity contribution in [2.45, 2.75) is 13.0 Å². The minimum Gasteiger partial charge on any atom is -0.429 e. The molecule has 0 radical (unpaired) electrons. The highest BCUT2D eigenvalue weighted by atomic mass is 19.3. The summed E-state index contributed by atoms with van der Waals surface area (Å²) in [5.41, 5.74) is 0.129. The molecule has 6 aromatic rings. The van der Waals surface area contributed by atoms with Gasteiger partial charge in [0, 0.05) is 11.1 Å². The molecule has 0 aliphatic heterocycles. The van der Waals surface area contributed by atoms with Gasteiger partial charge in [0.15, 0.2) is 29.1 Å². The highest BCUT2D eigenvalue weighted by Gasteiger charge is 2.39. The maximum atomic E-state index is 15.2. The van der Waals surface area contributed by atoms with Gasteiger partial charge in [-0.3, -0.25) is 0 Å². The normalized spacial score (nSPS) is 11.7. The van der Waals surface area contributed by atoms with Crippen LogP contribution in [-0.2, 0) is 6.11 Å². The lowest BCUT2D eigenvalue weighted by Gasteiger charge is -2.20. The van der Waals surface area contributed by atoms with Gasteiger partial charge in [-0.15, -0.1) is 0 Å². The Hall–Kier alpha value is -5.25. The van der Waals surface area contributed by atoms with E-state index in [1.54, 1.807) is 31.2 Å². The predicted octanol–water partition coefficient (Wildman–Crippen LogP) is 11.3. The second kappa shape index (κ2) is 11.6. The van der Waals surface area contributed by atoms with E-state index in [-0.39, 0.29) is 27.6 Å². The molecule has 0 aliphatic carbocycles. The second-order valence-corrected chi connectivity index (χ2v) is 10.5. The van der Waals surface area contributed by atoms with Crippen LogP contribution < -0.4 is 4.74 Å². The lowest BCUT2D eigenvalue weighted by Crippen LogP contribution is -2.24. The van der Waals surface area contributed by atoms with Gasteiger partial charge in [-0.1, -0.05) is 60.2 Å². The lowest BCUT2D eigenvalue weighted by atomic mass is 9.97. The molecule has 6 rings (SSSR count). The minimum absolute atomic E-state index is 0.0685. The van der Waals surface area contributed by atoms with Crippen molar-refractivity contribution in [2.24, 2.45) is 0 Å². The van der Waals surface area contributed by atoms with Crippen LogP contribution in [0.5, 0.6) is 5.75 Å². The largest absolute Gasteiger partial charge is 0.429 e. The molecule has 46 heavy (non-hydrogen) atoms. The topological polar surface area (TPSA) is 9.23 Å². The van der Waals surface area contributed by atoms with E-state index in [9.17, 15) is 35.1 Å². The molecule has 0 atom stereocenters. The molecule has 0 fully saturated rings. The van der Waals surface area contributed by atoms with Crippen molar-refractivity contribution >= 4 is 10.8 Å². The Morgan fingerprint density at radius 3 is 1.76 bits per heavy atom. The second-order valence-electron chi connectivity index (χ2n) is 10.5. The fraction of sp³-hybridized carbons (Fsp3) is 0.0556. The van der Waals surface area contributed by atoms with Gasteiger partial charge in [-0.05, 0) is 77.0 Å². The molecule has 0 unspecified atom stereocenters. The first kappa shape index (κ1) is 30.8. The quantitative estimate of drug-likeness (QED) is 0.130. The van der Waals surface area contributed by atoms with Crippen LogP contribution in [0.3, 0.4) is 0 Å². The molecule has 0 spiro atoms. The first-order chi connectivity index (χ1) is 21.8. The van der Waals surface area contributed by atoms with Crippen LogP contribution in [0.4, 0.5) is 39.5 Å². The van der Waals surface area contributed by atoms with Crippen molar-refractivity contribution in [1.82, 2.24) is 0 Å². The van der Waals surface area contributed by atoms with Crippen molar-refractivity contribution in [3.8, 4) is 39.1 Å². The maximum absolute atomic E-state index is 15.2. The molecule has 0 bridgehead atoms. The Bertz CT molecular complexity index is 2120. The zero-order valence-electron chi connectivity index (χ0n) is 23.5. The van der Waals surface area contributed by atoms with Gasteiger partial charge in [0.25, 0.3) is 0 Å². The highest BCUT2D eigenvalue weighted by molar-refractivity contribution is 5.89. The number of halogens is 9. The van der Waals surface area contributed by atoms with E-state index in [0.29, 0.717) is 17.2 Å². The van der Waals surface area contributed by atoms with Gasteiger partial charge >= 0.3 is 6.11 Å². The minimum atomic E-state index is -4.25. The number of hydrogen-bond donors (Lipinski definition) is 0. The Morgan fingerprint density at radius 1 is 0.478 bits per heavy atom. The van der Waals surface area contributed by atoms with Gasteiger partial charge in [0.1, 0.15) is 22.9 Å². The number of rotatable bonds is 6. The zero-order chi connectivity index (χ0) is 32.9. The van der Waals surface area contributed by atoms with Crippen LogP contribution in [0.1, 0.15) is 11.1 Å². The summed E-state index contributed by atoms with van der Waals surface area (Å²) >= 11 is 0. The molecule has 0 amide bonds. The third kappa shape index (κ3) is 5.55. The molecule has 0 aromatic heterocycles. The number of alkyl halides is 2. The van der Waals surface area contributed by atoms with Gasteiger partial charge in [0.05, 0.1) is 5.39 Å². The van der Waals surface area contributed by atoms with Crippen LogP contribution in [0.15, 0.2) is 97.1 Å². The average molecular weight is 639 g/mol. The molecular formula is C36H19F9O. The van der Waals surface area contributed by atoms with Crippen LogP contribution in [0, 0.1) is 47.6 Å². The molecule has 232 valence electrons. The highest BCUT2D eigenvalue weighted by Crippen LogP contribution is 2.38. The first-order valence-corrected chi connectivity index (χ1v) is 13.6. The summed E-state index contributed by atoms with van der Waals surface area (Å²) in [6.45, 7) is 1.81. The third-order valence-electron chi connectivity index (χ3n) is 7.50. The molecule has 10 heteroatoms. The van der Waals surface area contributed by atoms with E-state index in [0.717, 1.165) is 48.0 Å². The Kier molecular flexibility index (Phi) is 7.75. The summed E-state index contributed by atoms with van der Waals surface area (Å²) in [7, 11) is 0. The third-order valence-corrected chi connectivity index (χ3v) is 7.50. The van der Waals surface area contributed by atoms with Gasteiger partial charge in [0.2, 0.25) is 0 Å². The number of aryl methyl sites for hydroxylation is 1. The molecule has 0 aliphatic rings. The standard InChI is InChI=1S/C36H19F9O/c1-18-2-4-20(5-3-18)26-12-13-27(33(41)32(26)40)36(44,45)46-24-9-6-19(7-10-24)21-8-11-25(28(37)15-21)22-14-23-17-30(39)34(42)35(43)31(23)29(38)16-22/h2-17H,1H3. The van der Waals surface area contributed by atoms with Gasteiger partial charge < -0.3 is 4.74 Å². The van der Waals surface area contributed by atoms with Crippen molar-refractivity contribution in [3.05, 3.63) is 149 Å². The van der Waals surface area contributed by atoms with E-state index in [4.69, 9.17) is 4.74 Å². The smallest absolute Gasteiger partial charge is 0.429 e. The summed E-state index contributed by atoms with van der Waals surface area (Å²) in [6.07, 6.45) is -4.25. The zero-order valence-corrected chi connectivity index (χ0v) is 23.5. The fourth-order valence-electron chi connectivity index (χ4n) is 5.12.